The van der Waals surface area contributed by atoms with Crippen LogP contribution in [0.15, 0.2) is 47.4 Å². The molecule has 0 aromatic heterocycles. The Bertz CT molecular complexity index is 929. The fraction of sp³-hybridized carbons (Fsp3) is 0.500. The molecule has 5 rings (SSSR count). The molecule has 0 amide bonds. The number of benzene rings is 2. The highest BCUT2D eigenvalue weighted by molar-refractivity contribution is 7.84. The Hall–Kier alpha value is -1.60. The van der Waals surface area contributed by atoms with Crippen LogP contribution in [0, 0.1) is 5.82 Å². The van der Waals surface area contributed by atoms with Gasteiger partial charge in [0.15, 0.2) is 0 Å². The van der Waals surface area contributed by atoms with Gasteiger partial charge in [0.05, 0.1) is 0 Å². The third-order valence-corrected chi connectivity index (χ3v) is 7.65. The van der Waals surface area contributed by atoms with Crippen molar-refractivity contribution in [3.05, 3.63) is 53.8 Å². The molecule has 160 valence electrons. The number of likely N-dealkylation sites (tertiary alicyclic amines) is 2. The predicted molar refractivity (Wildman–Crippen MR) is 117 cm³/mol. The molecule has 0 aliphatic carbocycles. The Kier molecular flexibility index (Phi) is 5.75. The number of nitrogens with zero attached hydrogens (tertiary/aromatic N) is 2. The molecule has 0 spiro atoms. The molecule has 0 N–H and O–H groups in total. The number of halogens is 1. The third-order valence-electron chi connectivity index (χ3n) is 6.71. The molecule has 30 heavy (non-hydrogen) atoms. The quantitative estimate of drug-likeness (QED) is 0.647. The van der Waals surface area contributed by atoms with E-state index in [1.165, 1.54) is 38.8 Å². The second-order valence-corrected chi connectivity index (χ2v) is 10.1. The van der Waals surface area contributed by atoms with Crippen molar-refractivity contribution in [2.75, 3.05) is 32.4 Å². The Labute approximate surface area is 180 Å². The number of ether oxygens (including phenoxy) is 1. The second kappa shape index (κ2) is 8.50. The molecule has 3 aliphatic heterocycles. The van der Waals surface area contributed by atoms with Crippen LogP contribution in [-0.2, 0) is 15.5 Å². The van der Waals surface area contributed by atoms with Crippen molar-refractivity contribution < 1.29 is 13.3 Å². The summed E-state index contributed by atoms with van der Waals surface area (Å²) in [6.07, 6.45) is 6.54. The number of rotatable bonds is 6. The Morgan fingerprint density at radius 2 is 1.77 bits per heavy atom. The molecule has 6 heteroatoms. The lowest BCUT2D eigenvalue weighted by atomic mass is 10.0. The lowest BCUT2D eigenvalue weighted by molar-refractivity contribution is 0.133. The lowest BCUT2D eigenvalue weighted by Gasteiger charge is -2.27. The first-order valence-corrected chi connectivity index (χ1v) is 12.5. The van der Waals surface area contributed by atoms with E-state index >= 15 is 0 Å². The maximum atomic E-state index is 15.0. The van der Waals surface area contributed by atoms with E-state index in [0.29, 0.717) is 11.6 Å². The average molecular weight is 429 g/mol. The van der Waals surface area contributed by atoms with E-state index in [2.05, 4.69) is 9.80 Å². The summed E-state index contributed by atoms with van der Waals surface area (Å²) >= 11 is 0. The second-order valence-electron chi connectivity index (χ2n) is 8.70. The number of epoxide rings is 1. The molecule has 3 aliphatic rings. The lowest BCUT2D eigenvalue weighted by Crippen LogP contribution is -2.41. The Morgan fingerprint density at radius 3 is 2.47 bits per heavy atom. The summed E-state index contributed by atoms with van der Waals surface area (Å²) in [7, 11) is -1.01. The van der Waals surface area contributed by atoms with Gasteiger partial charge in [-0.05, 0) is 68.1 Å². The van der Waals surface area contributed by atoms with Crippen molar-refractivity contribution >= 4 is 10.8 Å². The molecule has 0 radical (unpaired) electrons. The fourth-order valence-electron chi connectivity index (χ4n) is 5.01. The number of hydrogen-bond acceptors (Lipinski definition) is 4. The summed E-state index contributed by atoms with van der Waals surface area (Å²) in [5.41, 5.74) is 2.41. The zero-order chi connectivity index (χ0) is 20.7. The van der Waals surface area contributed by atoms with E-state index in [1.807, 2.05) is 36.4 Å². The van der Waals surface area contributed by atoms with E-state index in [9.17, 15) is 8.60 Å². The maximum absolute atomic E-state index is 15.0. The molecular weight excluding hydrogens is 399 g/mol. The number of hydrogen-bond donors (Lipinski definition) is 0. The Morgan fingerprint density at radius 1 is 1.03 bits per heavy atom. The first kappa shape index (κ1) is 20.3. The van der Waals surface area contributed by atoms with Gasteiger partial charge in [-0.25, -0.2) is 4.39 Å². The van der Waals surface area contributed by atoms with Crippen LogP contribution in [0.4, 0.5) is 4.39 Å². The monoisotopic (exact) mass is 428 g/mol. The van der Waals surface area contributed by atoms with Crippen LogP contribution in [-0.4, -0.2) is 58.7 Å². The van der Waals surface area contributed by atoms with Crippen LogP contribution in [0.3, 0.4) is 0 Å². The third kappa shape index (κ3) is 4.11. The fourth-order valence-corrected chi connectivity index (χ4v) is 5.53. The molecule has 4 atom stereocenters. The van der Waals surface area contributed by atoms with Gasteiger partial charge in [0, 0.05) is 46.6 Å². The van der Waals surface area contributed by atoms with E-state index < -0.39 is 10.8 Å². The van der Waals surface area contributed by atoms with Gasteiger partial charge in [0.1, 0.15) is 18.1 Å². The van der Waals surface area contributed by atoms with E-state index in [4.69, 9.17) is 4.74 Å². The van der Waals surface area contributed by atoms with Crippen LogP contribution in [0.25, 0.3) is 11.1 Å². The van der Waals surface area contributed by atoms with Crippen LogP contribution in [0.5, 0.6) is 0 Å². The van der Waals surface area contributed by atoms with E-state index in [-0.39, 0.29) is 18.1 Å². The first-order chi connectivity index (χ1) is 14.6. The van der Waals surface area contributed by atoms with Crippen molar-refractivity contribution in [2.24, 2.45) is 0 Å². The van der Waals surface area contributed by atoms with Crippen LogP contribution in [0.1, 0.15) is 37.4 Å². The predicted octanol–water partition coefficient (Wildman–Crippen LogP) is 4.19. The van der Waals surface area contributed by atoms with Gasteiger partial charge in [0.25, 0.3) is 0 Å². The highest BCUT2D eigenvalue weighted by atomic mass is 32.2. The zero-order valence-electron chi connectivity index (χ0n) is 17.4. The molecular formula is C24H29FN2O2S. The van der Waals surface area contributed by atoms with Crippen molar-refractivity contribution in [1.82, 2.24) is 9.80 Å². The molecule has 2 aromatic carbocycles. The molecule has 3 unspecified atom stereocenters. The summed E-state index contributed by atoms with van der Waals surface area (Å²) in [6, 6.07) is 13.4. The molecule has 0 bridgehead atoms. The van der Waals surface area contributed by atoms with E-state index in [1.54, 1.807) is 12.3 Å². The van der Waals surface area contributed by atoms with Crippen LogP contribution in [0.2, 0.25) is 0 Å². The van der Waals surface area contributed by atoms with Gasteiger partial charge >= 0.3 is 0 Å². The average Bonchev–Trinajstić information content (AvgIpc) is 3.12. The summed E-state index contributed by atoms with van der Waals surface area (Å²) in [5, 5.41) is 0. The van der Waals surface area contributed by atoms with Crippen molar-refractivity contribution in [3.63, 3.8) is 0 Å². The standard InChI is InChI=1S/C24H29FN2O2S/c1-30(28)20-9-6-17(7-10-20)18-8-11-21(22(25)15-18)23-24(29-23)27-14-4-5-19(27)16-26-12-2-3-13-26/h6-11,15,19,23-24H,2-5,12-14,16H2,1H3/t19-,23?,24?,30?/m0/s1. The summed E-state index contributed by atoms with van der Waals surface area (Å²) < 4.78 is 32.5. The smallest absolute Gasteiger partial charge is 0.142 e. The van der Waals surface area contributed by atoms with Gasteiger partial charge in [0.2, 0.25) is 0 Å². The molecule has 2 aromatic rings. The molecule has 3 fully saturated rings. The summed E-state index contributed by atoms with van der Waals surface area (Å²) in [4.78, 5) is 5.80. The van der Waals surface area contributed by atoms with Crippen LogP contribution < -0.4 is 0 Å². The molecule has 3 saturated heterocycles. The normalized spacial score (nSPS) is 28.1. The summed E-state index contributed by atoms with van der Waals surface area (Å²) in [5.74, 6) is -0.210. The highest BCUT2D eigenvalue weighted by Crippen LogP contribution is 2.45. The minimum atomic E-state index is -1.01. The van der Waals surface area contributed by atoms with Gasteiger partial charge in [-0.1, -0.05) is 24.3 Å². The van der Waals surface area contributed by atoms with Gasteiger partial charge in [-0.3, -0.25) is 9.11 Å². The first-order valence-electron chi connectivity index (χ1n) is 11.0. The Balaban J connectivity index is 1.27. The maximum Gasteiger partial charge on any atom is 0.142 e. The van der Waals surface area contributed by atoms with Crippen molar-refractivity contribution in [3.8, 4) is 11.1 Å². The highest BCUT2D eigenvalue weighted by Gasteiger charge is 2.49. The van der Waals surface area contributed by atoms with E-state index in [0.717, 1.165) is 29.1 Å². The van der Waals surface area contributed by atoms with Crippen molar-refractivity contribution in [1.29, 1.82) is 0 Å². The minimum absolute atomic E-state index is 0.0132. The van der Waals surface area contributed by atoms with Gasteiger partial charge in [-0.2, -0.15) is 0 Å². The van der Waals surface area contributed by atoms with Crippen molar-refractivity contribution in [2.45, 2.75) is 49.0 Å². The SMILES string of the molecule is CS(=O)c1ccc(-c2ccc(C3OC3N3CCC[C@H]3CN3CCCC3)c(F)c2)cc1. The minimum Gasteiger partial charge on any atom is -0.348 e. The van der Waals surface area contributed by atoms with Gasteiger partial charge in [-0.15, -0.1) is 0 Å². The largest absolute Gasteiger partial charge is 0.348 e. The molecule has 0 saturated carbocycles. The molecule has 3 heterocycles. The van der Waals surface area contributed by atoms with Crippen LogP contribution >= 0.6 is 0 Å². The topological polar surface area (TPSA) is 36.1 Å². The zero-order valence-corrected chi connectivity index (χ0v) is 18.2. The molecule has 4 nitrogen and oxygen atoms in total. The summed E-state index contributed by atoms with van der Waals surface area (Å²) in [6.45, 7) is 4.59. The van der Waals surface area contributed by atoms with Gasteiger partial charge < -0.3 is 9.64 Å².